The Bertz CT molecular complexity index is 700. The molecule has 2 aromatic rings. The fraction of sp³-hybridized carbons (Fsp3) is 0.133. The number of carbonyl (C=O) groups is 1. The van der Waals surface area contributed by atoms with Gasteiger partial charge in [-0.15, -0.1) is 0 Å². The van der Waals surface area contributed by atoms with Gasteiger partial charge >= 0.3 is 0 Å². The van der Waals surface area contributed by atoms with E-state index in [1.54, 1.807) is 24.3 Å². The Morgan fingerprint density at radius 2 is 2.05 bits per heavy atom. The first-order chi connectivity index (χ1) is 9.54. The molecule has 20 heavy (non-hydrogen) atoms. The third-order valence-corrected chi connectivity index (χ3v) is 4.02. The number of rotatable bonds is 1. The van der Waals surface area contributed by atoms with Gasteiger partial charge in [-0.25, -0.2) is 0 Å². The van der Waals surface area contributed by atoms with Gasteiger partial charge in [-0.3, -0.25) is 4.79 Å². The number of ketones is 1. The lowest BCUT2D eigenvalue weighted by atomic mass is 9.96. The molecule has 0 aliphatic carbocycles. The maximum Gasteiger partial charge on any atom is 0.170 e. The van der Waals surface area contributed by atoms with E-state index in [1.807, 2.05) is 6.07 Å². The zero-order chi connectivity index (χ0) is 14.3. The summed E-state index contributed by atoms with van der Waals surface area (Å²) in [7, 11) is 0. The normalized spacial score (nSPS) is 17.5. The van der Waals surface area contributed by atoms with Crippen molar-refractivity contribution < 1.29 is 14.6 Å². The summed E-state index contributed by atoms with van der Waals surface area (Å²) >= 11 is 9.24. The summed E-state index contributed by atoms with van der Waals surface area (Å²) < 4.78 is 6.70. The molecule has 2 aromatic carbocycles. The van der Waals surface area contributed by atoms with E-state index in [-0.39, 0.29) is 29.1 Å². The molecule has 1 heterocycles. The van der Waals surface area contributed by atoms with Crippen LogP contribution in [0.3, 0.4) is 0 Å². The highest BCUT2D eigenvalue weighted by molar-refractivity contribution is 9.10. The van der Waals surface area contributed by atoms with Crippen LogP contribution >= 0.6 is 27.5 Å². The topological polar surface area (TPSA) is 46.5 Å². The third-order valence-electron chi connectivity index (χ3n) is 3.23. The lowest BCUT2D eigenvalue weighted by Crippen LogP contribution is -2.20. The minimum Gasteiger partial charge on any atom is -0.506 e. The van der Waals surface area contributed by atoms with E-state index in [0.29, 0.717) is 11.3 Å². The third kappa shape index (κ3) is 2.41. The van der Waals surface area contributed by atoms with Gasteiger partial charge < -0.3 is 9.84 Å². The summed E-state index contributed by atoms with van der Waals surface area (Å²) in [5, 5.41) is 9.69. The highest BCUT2D eigenvalue weighted by Crippen LogP contribution is 2.37. The Morgan fingerprint density at radius 1 is 1.25 bits per heavy atom. The van der Waals surface area contributed by atoms with Crippen LogP contribution < -0.4 is 4.74 Å². The summed E-state index contributed by atoms with van der Waals surface area (Å²) in [6.45, 7) is 0. The zero-order valence-electron chi connectivity index (χ0n) is 10.3. The second kappa shape index (κ2) is 5.11. The van der Waals surface area contributed by atoms with E-state index < -0.39 is 0 Å². The van der Waals surface area contributed by atoms with Gasteiger partial charge in [0.25, 0.3) is 0 Å². The number of benzene rings is 2. The molecule has 0 spiro atoms. The molecule has 5 heteroatoms. The van der Waals surface area contributed by atoms with Crippen LogP contribution in [0.15, 0.2) is 40.9 Å². The first kappa shape index (κ1) is 13.5. The van der Waals surface area contributed by atoms with Crippen molar-refractivity contribution in [3.8, 4) is 11.5 Å². The molecular weight excluding hydrogens is 344 g/mol. The maximum absolute atomic E-state index is 12.2. The number of fused-ring (bicyclic) bond motifs is 1. The van der Waals surface area contributed by atoms with Crippen LogP contribution in [-0.4, -0.2) is 10.9 Å². The molecule has 0 aromatic heterocycles. The van der Waals surface area contributed by atoms with E-state index in [1.165, 1.54) is 6.07 Å². The molecule has 3 rings (SSSR count). The molecule has 1 aliphatic rings. The lowest BCUT2D eigenvalue weighted by molar-refractivity contribution is 0.0850. The van der Waals surface area contributed by atoms with Crippen LogP contribution in [0.4, 0.5) is 0 Å². The highest BCUT2D eigenvalue weighted by atomic mass is 79.9. The van der Waals surface area contributed by atoms with Gasteiger partial charge in [0.15, 0.2) is 5.78 Å². The Kier molecular flexibility index (Phi) is 3.44. The Morgan fingerprint density at radius 3 is 2.80 bits per heavy atom. The maximum atomic E-state index is 12.2. The van der Waals surface area contributed by atoms with Crippen LogP contribution in [0.2, 0.25) is 5.02 Å². The molecule has 1 atom stereocenters. The summed E-state index contributed by atoms with van der Waals surface area (Å²) in [5.41, 5.74) is 1.36. The van der Waals surface area contributed by atoms with Crippen molar-refractivity contribution in [2.24, 2.45) is 0 Å². The van der Waals surface area contributed by atoms with Gasteiger partial charge in [0.2, 0.25) is 0 Å². The number of Topliss-reactive ketones (excluding diaryl/α,β-unsaturated/α-hetero) is 1. The van der Waals surface area contributed by atoms with Gasteiger partial charge in [-0.05, 0) is 35.9 Å². The van der Waals surface area contributed by atoms with Gasteiger partial charge in [0, 0.05) is 4.47 Å². The monoisotopic (exact) mass is 352 g/mol. The quantitative estimate of drug-likeness (QED) is 0.820. The number of phenolic OH excluding ortho intramolecular Hbond substituents is 1. The molecule has 0 fully saturated rings. The van der Waals surface area contributed by atoms with E-state index in [0.717, 1.165) is 10.0 Å². The number of phenols is 1. The number of carbonyl (C=O) groups excluding carboxylic acids is 1. The van der Waals surface area contributed by atoms with Gasteiger partial charge in [-0.2, -0.15) is 0 Å². The van der Waals surface area contributed by atoms with Gasteiger partial charge in [-0.1, -0.05) is 33.6 Å². The van der Waals surface area contributed by atoms with E-state index in [4.69, 9.17) is 16.3 Å². The molecule has 3 nitrogen and oxygen atoms in total. The van der Waals surface area contributed by atoms with Gasteiger partial charge in [0.1, 0.15) is 17.6 Å². The van der Waals surface area contributed by atoms with Crippen LogP contribution in [0.25, 0.3) is 0 Å². The Labute approximate surface area is 129 Å². The van der Waals surface area contributed by atoms with Crippen molar-refractivity contribution >= 4 is 33.3 Å². The second-order valence-corrected chi connectivity index (χ2v) is 5.91. The van der Waals surface area contributed by atoms with Crippen molar-refractivity contribution in [3.05, 3.63) is 57.0 Å². The molecule has 0 saturated heterocycles. The van der Waals surface area contributed by atoms with Crippen LogP contribution in [0.5, 0.6) is 11.5 Å². The Hall–Kier alpha value is -1.52. The van der Waals surface area contributed by atoms with E-state index >= 15 is 0 Å². The van der Waals surface area contributed by atoms with Crippen molar-refractivity contribution in [3.63, 3.8) is 0 Å². The summed E-state index contributed by atoms with van der Waals surface area (Å²) in [6.07, 6.45) is -0.126. The molecule has 1 N–H and O–H groups in total. The summed E-state index contributed by atoms with van der Waals surface area (Å²) in [5.74, 6) is 0.613. The van der Waals surface area contributed by atoms with Crippen LogP contribution in [0.1, 0.15) is 28.4 Å². The first-order valence-electron chi connectivity index (χ1n) is 6.02. The molecule has 102 valence electrons. The highest BCUT2D eigenvalue weighted by Gasteiger charge is 2.28. The average Bonchev–Trinajstić information content (AvgIpc) is 2.42. The molecule has 0 bridgehead atoms. The predicted molar refractivity (Wildman–Crippen MR) is 79.6 cm³/mol. The fourth-order valence-electron chi connectivity index (χ4n) is 2.21. The number of aromatic hydroxyl groups is 1. The molecule has 0 saturated carbocycles. The molecule has 1 aliphatic heterocycles. The molecule has 0 amide bonds. The van der Waals surface area contributed by atoms with Crippen molar-refractivity contribution in [1.29, 1.82) is 0 Å². The average molecular weight is 354 g/mol. The Balaban J connectivity index is 1.97. The fourth-order valence-corrected chi connectivity index (χ4v) is 2.76. The molecular formula is C15H10BrClO3. The number of hydrogen-bond donors (Lipinski definition) is 1. The summed E-state index contributed by atoms with van der Waals surface area (Å²) in [6, 6.07) is 10.2. The molecule has 1 unspecified atom stereocenters. The SMILES string of the molecule is O=C1CC(c2ccc(O)c(Cl)c2)Oc2ccc(Br)cc21. The van der Waals surface area contributed by atoms with Crippen molar-refractivity contribution in [2.45, 2.75) is 12.5 Å². The van der Waals surface area contributed by atoms with Gasteiger partial charge in [0.05, 0.1) is 17.0 Å². The molecule has 0 radical (unpaired) electrons. The number of hydrogen-bond acceptors (Lipinski definition) is 3. The smallest absolute Gasteiger partial charge is 0.170 e. The van der Waals surface area contributed by atoms with Crippen LogP contribution in [-0.2, 0) is 0 Å². The largest absolute Gasteiger partial charge is 0.506 e. The van der Waals surface area contributed by atoms with Crippen LogP contribution in [0, 0.1) is 0 Å². The van der Waals surface area contributed by atoms with Crippen molar-refractivity contribution in [1.82, 2.24) is 0 Å². The first-order valence-corrected chi connectivity index (χ1v) is 7.19. The zero-order valence-corrected chi connectivity index (χ0v) is 12.6. The van der Waals surface area contributed by atoms with Crippen molar-refractivity contribution in [2.75, 3.05) is 0 Å². The minimum atomic E-state index is -0.380. The lowest BCUT2D eigenvalue weighted by Gasteiger charge is -2.25. The number of ether oxygens (including phenoxy) is 1. The minimum absolute atomic E-state index is 0.0156. The number of halogens is 2. The van der Waals surface area contributed by atoms with E-state index in [2.05, 4.69) is 15.9 Å². The van der Waals surface area contributed by atoms with E-state index in [9.17, 15) is 9.90 Å². The standard InChI is InChI=1S/C15H10BrClO3/c16-9-2-4-14-10(6-9)13(19)7-15(20-14)8-1-3-12(18)11(17)5-8/h1-6,15,18H,7H2. The predicted octanol–water partition coefficient (Wildman–Crippen LogP) is 4.51. The summed E-state index contributed by atoms with van der Waals surface area (Å²) in [4.78, 5) is 12.2. The second-order valence-electron chi connectivity index (χ2n) is 4.59.